The maximum Gasteiger partial charge on any atom is 0.117 e. The zero-order valence-corrected chi connectivity index (χ0v) is 6.88. The van der Waals surface area contributed by atoms with E-state index in [2.05, 4.69) is 15.6 Å². The summed E-state index contributed by atoms with van der Waals surface area (Å²) in [6.07, 6.45) is 0. The van der Waals surface area contributed by atoms with E-state index in [-0.39, 0.29) is 0 Å². The van der Waals surface area contributed by atoms with Gasteiger partial charge in [-0.2, -0.15) is 0 Å². The normalized spacial score (nSPS) is 10.0. The minimum absolute atomic E-state index is 0.596. The Hall–Kier alpha value is -1.49. The van der Waals surface area contributed by atoms with E-state index in [1.165, 1.54) is 11.3 Å². The summed E-state index contributed by atoms with van der Waals surface area (Å²) in [6, 6.07) is 7.74. The van der Waals surface area contributed by atoms with Crippen LogP contribution in [0.5, 0.6) is 0 Å². The summed E-state index contributed by atoms with van der Waals surface area (Å²) in [5.74, 6) is 0. The van der Waals surface area contributed by atoms with Crippen LogP contribution in [0.15, 0.2) is 29.5 Å². The lowest BCUT2D eigenvalue weighted by Gasteiger charge is -1.95. The highest BCUT2D eigenvalue weighted by Crippen LogP contribution is 2.24. The third kappa shape index (κ3) is 1.14. The molecule has 60 valence electrons. The van der Waals surface area contributed by atoms with Crippen LogP contribution >= 0.6 is 11.3 Å². The van der Waals surface area contributed by atoms with Gasteiger partial charge in [-0.3, -0.25) is 5.22 Å². The topological polar surface area (TPSA) is 59.6 Å². The molecule has 0 bridgehead atoms. The summed E-state index contributed by atoms with van der Waals surface area (Å²) in [5, 5.41) is 3.40. The van der Waals surface area contributed by atoms with Gasteiger partial charge in [0.25, 0.3) is 0 Å². The van der Waals surface area contributed by atoms with Gasteiger partial charge in [0.1, 0.15) is 5.13 Å². The summed E-state index contributed by atoms with van der Waals surface area (Å²) in [4.78, 5) is 4.16. The first kappa shape index (κ1) is 7.17. The highest BCUT2D eigenvalue weighted by atomic mass is 32.1. The van der Waals surface area contributed by atoms with Crippen LogP contribution in [0.1, 0.15) is 0 Å². The lowest BCUT2D eigenvalue weighted by Crippen LogP contribution is -1.81. The van der Waals surface area contributed by atoms with Crippen LogP contribution in [-0.4, -0.2) is 4.98 Å². The van der Waals surface area contributed by atoms with E-state index in [0.717, 1.165) is 10.2 Å². The molecular weight excluding hydrogens is 172 g/mol. The molecule has 0 atom stereocenters. The number of anilines is 1. The Balaban J connectivity index is 2.54. The van der Waals surface area contributed by atoms with Crippen molar-refractivity contribution in [3.05, 3.63) is 29.8 Å². The molecule has 4 nitrogen and oxygen atoms in total. The molecule has 0 unspecified atom stereocenters. The predicted molar refractivity (Wildman–Crippen MR) is 49.0 cm³/mol. The molecule has 0 aliphatic heterocycles. The lowest BCUT2D eigenvalue weighted by molar-refractivity contribution is 1.28. The average molecular weight is 177 g/mol. The Morgan fingerprint density at radius 2 is 2.25 bits per heavy atom. The highest BCUT2D eigenvalue weighted by Gasteiger charge is 1.96. The van der Waals surface area contributed by atoms with Crippen molar-refractivity contribution in [1.82, 2.24) is 4.98 Å². The summed E-state index contributed by atoms with van der Waals surface area (Å²) >= 11 is 1.45. The van der Waals surface area contributed by atoms with Crippen LogP contribution in [0.25, 0.3) is 15.7 Å². The molecule has 0 aliphatic rings. The summed E-state index contributed by atoms with van der Waals surface area (Å²) in [5.41, 5.74) is 11.5. The maximum absolute atomic E-state index is 8.23. The molecule has 0 fully saturated rings. The Morgan fingerprint density at radius 1 is 1.42 bits per heavy atom. The number of hydrogen-bond acceptors (Lipinski definition) is 3. The molecule has 1 aromatic heterocycles. The minimum atomic E-state index is 0.596. The number of fused-ring (bicyclic) bond motifs is 1. The van der Waals surface area contributed by atoms with Gasteiger partial charge in [-0.1, -0.05) is 12.1 Å². The van der Waals surface area contributed by atoms with Gasteiger partial charge in [-0.05, 0) is 12.1 Å². The van der Waals surface area contributed by atoms with Gasteiger partial charge >= 0.3 is 0 Å². The minimum Gasteiger partial charge on any atom is -0.363 e. The second-order valence-corrected chi connectivity index (χ2v) is 3.23. The van der Waals surface area contributed by atoms with E-state index in [1.54, 1.807) is 0 Å². The van der Waals surface area contributed by atoms with Crippen molar-refractivity contribution in [2.24, 2.45) is 5.22 Å². The molecule has 0 aliphatic carbocycles. The van der Waals surface area contributed by atoms with E-state index < -0.39 is 0 Å². The van der Waals surface area contributed by atoms with Gasteiger partial charge in [0.05, 0.1) is 10.2 Å². The number of thiazole rings is 1. The maximum atomic E-state index is 8.23. The first-order valence-electron chi connectivity index (χ1n) is 3.36. The molecule has 2 aromatic rings. The molecule has 1 heterocycles. The number of nitrogens with one attached hydrogen (secondary N) is 1. The quantitative estimate of drug-likeness (QED) is 0.566. The number of aromatic nitrogens is 1. The zero-order valence-electron chi connectivity index (χ0n) is 6.06. The van der Waals surface area contributed by atoms with Crippen molar-refractivity contribution in [1.29, 1.82) is 0 Å². The van der Waals surface area contributed by atoms with Crippen LogP contribution in [0.3, 0.4) is 0 Å². The smallest absolute Gasteiger partial charge is 0.117 e. The zero-order chi connectivity index (χ0) is 8.39. The second-order valence-electron chi connectivity index (χ2n) is 2.20. The van der Waals surface area contributed by atoms with E-state index in [9.17, 15) is 0 Å². The van der Waals surface area contributed by atoms with Crippen molar-refractivity contribution in [2.45, 2.75) is 0 Å². The fourth-order valence-corrected chi connectivity index (χ4v) is 1.77. The standard InChI is InChI=1S/C7H5N4S/c8-11-10-7-9-5-3-1-2-4-6(5)12-7/h1-4H,(H-,8,9,10)/q-1. The van der Waals surface area contributed by atoms with E-state index in [0.29, 0.717) is 5.13 Å². The molecule has 1 aromatic carbocycles. The molecule has 12 heavy (non-hydrogen) atoms. The van der Waals surface area contributed by atoms with Crippen LogP contribution < -0.4 is 5.43 Å². The van der Waals surface area contributed by atoms with Crippen molar-refractivity contribution < 1.29 is 0 Å². The third-order valence-corrected chi connectivity index (χ3v) is 2.38. The second kappa shape index (κ2) is 2.86. The fourth-order valence-electron chi connectivity index (χ4n) is 0.963. The number of benzene rings is 1. The first-order chi connectivity index (χ1) is 5.90. The van der Waals surface area contributed by atoms with Crippen molar-refractivity contribution >= 4 is 26.7 Å². The molecule has 0 radical (unpaired) electrons. The van der Waals surface area contributed by atoms with Gasteiger partial charge in [0.2, 0.25) is 0 Å². The van der Waals surface area contributed by atoms with Gasteiger partial charge in [-0.25, -0.2) is 4.98 Å². The van der Waals surface area contributed by atoms with Gasteiger partial charge in [0.15, 0.2) is 0 Å². The number of hydrogen-bond donors (Lipinski definition) is 1. The average Bonchev–Trinajstić information content (AvgIpc) is 2.47. The molecular formula is C7H5N4S-. The van der Waals surface area contributed by atoms with Gasteiger partial charge < -0.3 is 11.0 Å². The SMILES string of the molecule is [N-]=NNc1nc2ccccc2s1. The van der Waals surface area contributed by atoms with Gasteiger partial charge in [-0.15, -0.1) is 11.3 Å². The molecule has 5 heteroatoms. The predicted octanol–water partition coefficient (Wildman–Crippen LogP) is 2.64. The fraction of sp³-hybridized carbons (Fsp3) is 0. The number of para-hydroxylation sites is 1. The summed E-state index contributed by atoms with van der Waals surface area (Å²) in [6.45, 7) is 0. The summed E-state index contributed by atoms with van der Waals surface area (Å²) < 4.78 is 1.07. The van der Waals surface area contributed by atoms with E-state index in [4.69, 9.17) is 5.53 Å². The molecule has 0 spiro atoms. The van der Waals surface area contributed by atoms with Gasteiger partial charge in [0, 0.05) is 0 Å². The highest BCUT2D eigenvalue weighted by molar-refractivity contribution is 7.22. The summed E-state index contributed by atoms with van der Waals surface area (Å²) in [7, 11) is 0. The van der Waals surface area contributed by atoms with Crippen LogP contribution in [0.2, 0.25) is 0 Å². The van der Waals surface area contributed by atoms with E-state index in [1.807, 2.05) is 24.3 Å². The Bertz CT molecular complexity index is 375. The molecule has 0 saturated carbocycles. The third-order valence-electron chi connectivity index (χ3n) is 1.44. The first-order valence-corrected chi connectivity index (χ1v) is 4.17. The lowest BCUT2D eigenvalue weighted by atomic mass is 10.3. The Kier molecular flexibility index (Phi) is 1.71. The Morgan fingerprint density at radius 3 is 3.00 bits per heavy atom. The molecule has 0 saturated heterocycles. The van der Waals surface area contributed by atoms with E-state index >= 15 is 0 Å². The van der Waals surface area contributed by atoms with Crippen molar-refractivity contribution in [3.8, 4) is 0 Å². The molecule has 2 rings (SSSR count). The molecule has 1 N–H and O–H groups in total. The van der Waals surface area contributed by atoms with Crippen LogP contribution in [0, 0.1) is 0 Å². The van der Waals surface area contributed by atoms with Crippen LogP contribution in [0.4, 0.5) is 5.13 Å². The van der Waals surface area contributed by atoms with Crippen molar-refractivity contribution in [3.63, 3.8) is 0 Å². The van der Waals surface area contributed by atoms with Crippen LogP contribution in [-0.2, 0) is 0 Å². The Labute approximate surface area is 72.7 Å². The molecule has 0 amide bonds. The number of nitrogens with zero attached hydrogens (tertiary/aromatic N) is 3. The largest absolute Gasteiger partial charge is 0.363 e. The van der Waals surface area contributed by atoms with Crippen molar-refractivity contribution in [2.75, 3.05) is 5.43 Å². The number of rotatable bonds is 2. The monoisotopic (exact) mass is 177 g/mol.